The fourth-order valence-electron chi connectivity index (χ4n) is 1.90. The molecule has 0 radical (unpaired) electrons. The molecule has 0 aliphatic rings. The van der Waals surface area contributed by atoms with Gasteiger partial charge in [-0.1, -0.05) is 6.07 Å². The summed E-state index contributed by atoms with van der Waals surface area (Å²) in [5.41, 5.74) is 1.13. The SMILES string of the molecule is Fc1cccc(Br)c1-n1c(-c2ccncc2)n[nH]c1=S. The molecule has 1 N–H and O–H groups in total. The maximum atomic E-state index is 14.1. The lowest BCUT2D eigenvalue weighted by molar-refractivity contribution is 0.616. The van der Waals surface area contributed by atoms with E-state index < -0.39 is 0 Å². The van der Waals surface area contributed by atoms with Gasteiger partial charge in [0.15, 0.2) is 10.6 Å². The van der Waals surface area contributed by atoms with Gasteiger partial charge in [-0.15, -0.1) is 0 Å². The Bertz CT molecular complexity index is 792. The summed E-state index contributed by atoms with van der Waals surface area (Å²) in [7, 11) is 0. The normalized spacial score (nSPS) is 10.7. The maximum absolute atomic E-state index is 14.1. The number of hydrogen-bond acceptors (Lipinski definition) is 3. The second-order valence-corrected chi connectivity index (χ2v) is 5.23. The summed E-state index contributed by atoms with van der Waals surface area (Å²) in [6.45, 7) is 0. The van der Waals surface area contributed by atoms with E-state index >= 15 is 0 Å². The quantitative estimate of drug-likeness (QED) is 0.713. The van der Waals surface area contributed by atoms with Crippen LogP contribution in [0.4, 0.5) is 4.39 Å². The Balaban J connectivity index is 2.31. The Morgan fingerprint density at radius 1 is 1.20 bits per heavy atom. The van der Waals surface area contributed by atoms with Crippen LogP contribution < -0.4 is 0 Å². The topological polar surface area (TPSA) is 46.5 Å². The second kappa shape index (κ2) is 5.26. The van der Waals surface area contributed by atoms with E-state index in [9.17, 15) is 4.39 Å². The van der Waals surface area contributed by atoms with Crippen molar-refractivity contribution in [3.63, 3.8) is 0 Å². The molecule has 4 nitrogen and oxygen atoms in total. The first-order valence-corrected chi connectivity index (χ1v) is 6.91. The first-order chi connectivity index (χ1) is 9.68. The molecular weight excluding hydrogens is 343 g/mol. The molecule has 100 valence electrons. The second-order valence-electron chi connectivity index (χ2n) is 3.99. The number of rotatable bonds is 2. The molecule has 0 unspecified atom stereocenters. The van der Waals surface area contributed by atoms with Gasteiger partial charge in [-0.3, -0.25) is 14.6 Å². The summed E-state index contributed by atoms with van der Waals surface area (Å²) in [6, 6.07) is 8.33. The minimum absolute atomic E-state index is 0.322. The fraction of sp³-hybridized carbons (Fsp3) is 0. The van der Waals surface area contributed by atoms with Gasteiger partial charge in [0.05, 0.1) is 5.69 Å². The predicted molar refractivity (Wildman–Crippen MR) is 79.6 cm³/mol. The molecule has 3 rings (SSSR count). The highest BCUT2D eigenvalue weighted by Crippen LogP contribution is 2.28. The van der Waals surface area contributed by atoms with E-state index in [2.05, 4.69) is 31.1 Å². The molecule has 0 aliphatic heterocycles. The van der Waals surface area contributed by atoms with Crippen molar-refractivity contribution in [2.75, 3.05) is 0 Å². The van der Waals surface area contributed by atoms with Crippen molar-refractivity contribution in [3.8, 4) is 17.1 Å². The number of hydrogen-bond donors (Lipinski definition) is 1. The van der Waals surface area contributed by atoms with Crippen molar-refractivity contribution in [1.82, 2.24) is 19.7 Å². The van der Waals surface area contributed by atoms with Gasteiger partial charge in [-0.2, -0.15) is 5.10 Å². The Morgan fingerprint density at radius 3 is 2.65 bits per heavy atom. The van der Waals surface area contributed by atoms with Crippen LogP contribution in [0.25, 0.3) is 17.1 Å². The van der Waals surface area contributed by atoms with E-state index in [0.29, 0.717) is 20.8 Å². The predicted octanol–water partition coefficient (Wildman–Crippen LogP) is 3.89. The standard InChI is InChI=1S/C13H8BrFN4S/c14-9-2-1-3-10(15)11(9)19-12(17-18-13(19)20)8-4-6-16-7-5-8/h1-7H,(H,18,20). The highest BCUT2D eigenvalue weighted by Gasteiger charge is 2.16. The molecule has 0 aliphatic carbocycles. The van der Waals surface area contributed by atoms with Gasteiger partial charge in [0.1, 0.15) is 5.82 Å². The Hall–Kier alpha value is -1.86. The van der Waals surface area contributed by atoms with E-state index in [1.54, 1.807) is 41.2 Å². The van der Waals surface area contributed by atoms with E-state index in [-0.39, 0.29) is 5.82 Å². The van der Waals surface area contributed by atoms with Crippen molar-refractivity contribution in [3.05, 3.63) is 57.8 Å². The van der Waals surface area contributed by atoms with Crippen LogP contribution in [0.2, 0.25) is 0 Å². The minimum Gasteiger partial charge on any atom is -0.265 e. The number of aromatic amines is 1. The summed E-state index contributed by atoms with van der Waals surface area (Å²) in [5.74, 6) is 0.149. The number of para-hydroxylation sites is 1. The van der Waals surface area contributed by atoms with Crippen molar-refractivity contribution >= 4 is 28.1 Å². The number of nitrogens with zero attached hydrogens (tertiary/aromatic N) is 3. The average Bonchev–Trinajstić information content (AvgIpc) is 2.82. The minimum atomic E-state index is -0.382. The molecule has 7 heteroatoms. The number of pyridine rings is 1. The smallest absolute Gasteiger partial charge is 0.200 e. The summed E-state index contributed by atoms with van der Waals surface area (Å²) in [4.78, 5) is 3.96. The summed E-state index contributed by atoms with van der Waals surface area (Å²) < 4.78 is 16.6. The number of H-pyrrole nitrogens is 1. The molecule has 2 aromatic heterocycles. The fourth-order valence-corrected chi connectivity index (χ4v) is 2.64. The Labute approximate surface area is 127 Å². The molecule has 0 fully saturated rings. The zero-order valence-electron chi connectivity index (χ0n) is 10.0. The van der Waals surface area contributed by atoms with Crippen LogP contribution in [0.5, 0.6) is 0 Å². The van der Waals surface area contributed by atoms with Crippen molar-refractivity contribution in [2.45, 2.75) is 0 Å². The lowest BCUT2D eigenvalue weighted by Crippen LogP contribution is -2.02. The Morgan fingerprint density at radius 2 is 1.95 bits per heavy atom. The molecule has 0 spiro atoms. The van der Waals surface area contributed by atoms with Crippen molar-refractivity contribution < 1.29 is 4.39 Å². The molecule has 0 atom stereocenters. The van der Waals surface area contributed by atoms with E-state index in [1.165, 1.54) is 6.07 Å². The zero-order valence-corrected chi connectivity index (χ0v) is 12.4. The number of nitrogens with one attached hydrogen (secondary N) is 1. The van der Waals surface area contributed by atoms with Crippen LogP contribution in [0.1, 0.15) is 0 Å². The first-order valence-electron chi connectivity index (χ1n) is 5.70. The first kappa shape index (κ1) is 13.1. The molecule has 0 saturated heterocycles. The van der Waals surface area contributed by atoms with Gasteiger partial charge in [0.2, 0.25) is 0 Å². The number of halogens is 2. The van der Waals surface area contributed by atoms with Crippen LogP contribution in [0.15, 0.2) is 47.2 Å². The summed E-state index contributed by atoms with van der Waals surface area (Å²) >= 11 is 8.56. The van der Waals surface area contributed by atoms with Crippen LogP contribution in [-0.4, -0.2) is 19.7 Å². The van der Waals surface area contributed by atoms with E-state index in [0.717, 1.165) is 5.56 Å². The van der Waals surface area contributed by atoms with Gasteiger partial charge >= 0.3 is 0 Å². The molecule has 0 saturated carbocycles. The lowest BCUT2D eigenvalue weighted by Gasteiger charge is -2.09. The van der Waals surface area contributed by atoms with Crippen LogP contribution >= 0.6 is 28.1 Å². The maximum Gasteiger partial charge on any atom is 0.200 e. The molecule has 2 heterocycles. The molecule has 20 heavy (non-hydrogen) atoms. The van der Waals surface area contributed by atoms with Gasteiger partial charge in [0, 0.05) is 22.4 Å². The van der Waals surface area contributed by atoms with Gasteiger partial charge in [-0.05, 0) is 52.4 Å². The van der Waals surface area contributed by atoms with E-state index in [4.69, 9.17) is 12.2 Å². The highest BCUT2D eigenvalue weighted by molar-refractivity contribution is 9.10. The Kier molecular flexibility index (Phi) is 3.45. The molecule has 1 aromatic carbocycles. The largest absolute Gasteiger partial charge is 0.265 e. The lowest BCUT2D eigenvalue weighted by atomic mass is 10.2. The van der Waals surface area contributed by atoms with Gasteiger partial charge < -0.3 is 0 Å². The van der Waals surface area contributed by atoms with Crippen molar-refractivity contribution in [1.29, 1.82) is 0 Å². The third-order valence-electron chi connectivity index (χ3n) is 2.77. The van der Waals surface area contributed by atoms with Crippen molar-refractivity contribution in [2.24, 2.45) is 0 Å². The van der Waals surface area contributed by atoms with Crippen LogP contribution in [0.3, 0.4) is 0 Å². The molecule has 3 aromatic rings. The summed E-state index contributed by atoms with van der Waals surface area (Å²) in [5, 5.41) is 6.87. The average molecular weight is 351 g/mol. The van der Waals surface area contributed by atoms with Gasteiger partial charge in [0.25, 0.3) is 0 Å². The monoisotopic (exact) mass is 350 g/mol. The van der Waals surface area contributed by atoms with Crippen LogP contribution in [-0.2, 0) is 0 Å². The number of aromatic nitrogens is 4. The molecular formula is C13H8BrFN4S. The summed E-state index contributed by atoms with van der Waals surface area (Å²) in [6.07, 6.45) is 3.29. The zero-order chi connectivity index (χ0) is 14.1. The van der Waals surface area contributed by atoms with E-state index in [1.807, 2.05) is 0 Å². The number of benzene rings is 1. The third-order valence-corrected chi connectivity index (χ3v) is 3.69. The molecule has 0 amide bonds. The van der Waals surface area contributed by atoms with Crippen LogP contribution in [0, 0.1) is 10.6 Å². The third kappa shape index (κ3) is 2.19. The van der Waals surface area contributed by atoms with Gasteiger partial charge in [-0.25, -0.2) is 4.39 Å². The highest BCUT2D eigenvalue weighted by atomic mass is 79.9. The molecule has 0 bridgehead atoms.